The molecule has 0 aliphatic rings. The minimum atomic E-state index is -0.0442. The Labute approximate surface area is 112 Å². The molecule has 2 heterocycles. The minimum absolute atomic E-state index is 0.0442. The van der Waals surface area contributed by atoms with E-state index >= 15 is 0 Å². The van der Waals surface area contributed by atoms with Crippen molar-refractivity contribution in [2.45, 2.75) is 33.1 Å². The Balaban J connectivity index is 2.50. The van der Waals surface area contributed by atoms with E-state index < -0.39 is 0 Å². The van der Waals surface area contributed by atoms with Crippen molar-refractivity contribution in [1.29, 1.82) is 0 Å². The molecule has 0 spiro atoms. The fourth-order valence-electron chi connectivity index (χ4n) is 1.60. The van der Waals surface area contributed by atoms with E-state index in [2.05, 4.69) is 54.4 Å². The van der Waals surface area contributed by atoms with Gasteiger partial charge in [0.1, 0.15) is 11.6 Å². The number of nitrogens with one attached hydrogen (secondary N) is 1. The van der Waals surface area contributed by atoms with E-state index in [1.807, 2.05) is 12.1 Å². The first kappa shape index (κ1) is 13.0. The monoisotopic (exact) mass is 261 g/mol. The number of hydrogen-bond donors (Lipinski definition) is 1. The summed E-state index contributed by atoms with van der Waals surface area (Å²) in [5.74, 6) is 1.78. The lowest BCUT2D eigenvalue weighted by Gasteiger charge is -2.18. The van der Waals surface area contributed by atoms with Crippen LogP contribution >= 0.6 is 11.3 Å². The molecule has 2 aromatic rings. The van der Waals surface area contributed by atoms with E-state index in [1.165, 1.54) is 4.88 Å². The fourth-order valence-corrected chi connectivity index (χ4v) is 2.29. The molecule has 0 aromatic carbocycles. The van der Waals surface area contributed by atoms with Gasteiger partial charge in [-0.2, -0.15) is 0 Å². The average molecular weight is 261 g/mol. The zero-order valence-corrected chi connectivity index (χ0v) is 12.1. The molecule has 2 rings (SSSR count). The predicted molar refractivity (Wildman–Crippen MR) is 78.2 cm³/mol. The summed E-state index contributed by atoms with van der Waals surface area (Å²) in [4.78, 5) is 10.5. The van der Waals surface area contributed by atoms with E-state index in [4.69, 9.17) is 0 Å². The smallest absolute Gasteiger partial charge is 0.136 e. The first-order valence-electron chi connectivity index (χ1n) is 6.18. The number of hydrogen-bond acceptors (Lipinski definition) is 4. The molecule has 0 unspecified atom stereocenters. The first-order valence-corrected chi connectivity index (χ1v) is 7.06. The highest BCUT2D eigenvalue weighted by atomic mass is 32.1. The van der Waals surface area contributed by atoms with E-state index in [0.29, 0.717) is 0 Å². The van der Waals surface area contributed by atoms with E-state index in [0.717, 1.165) is 23.9 Å². The quantitative estimate of drug-likeness (QED) is 0.909. The third-order valence-electron chi connectivity index (χ3n) is 2.53. The molecule has 18 heavy (non-hydrogen) atoms. The van der Waals surface area contributed by atoms with Crippen LogP contribution in [0.1, 0.15) is 33.5 Å². The third kappa shape index (κ3) is 2.88. The van der Waals surface area contributed by atoms with Crippen LogP contribution in [-0.4, -0.2) is 16.5 Å². The Bertz CT molecular complexity index is 512. The molecule has 0 radical (unpaired) electrons. The van der Waals surface area contributed by atoms with Crippen LogP contribution in [-0.2, 0) is 5.41 Å². The molecule has 2 aromatic heterocycles. The zero-order valence-electron chi connectivity index (χ0n) is 11.3. The van der Waals surface area contributed by atoms with Crippen LogP contribution in [0.4, 0.5) is 5.82 Å². The van der Waals surface area contributed by atoms with Crippen molar-refractivity contribution in [3.63, 3.8) is 0 Å². The van der Waals surface area contributed by atoms with Crippen molar-refractivity contribution < 1.29 is 0 Å². The average Bonchev–Trinajstić information content (AvgIpc) is 2.81. The van der Waals surface area contributed by atoms with Gasteiger partial charge in [0, 0.05) is 18.0 Å². The summed E-state index contributed by atoms with van der Waals surface area (Å²) in [6.45, 7) is 9.34. The third-order valence-corrected chi connectivity index (χ3v) is 3.42. The Hall–Kier alpha value is -1.42. The molecule has 0 bridgehead atoms. The molecule has 0 amide bonds. The van der Waals surface area contributed by atoms with E-state index in [-0.39, 0.29) is 5.41 Å². The summed E-state index contributed by atoms with van der Waals surface area (Å²) >= 11 is 1.70. The van der Waals surface area contributed by atoms with Crippen molar-refractivity contribution in [2.75, 3.05) is 11.9 Å². The number of anilines is 1. The van der Waals surface area contributed by atoms with Gasteiger partial charge >= 0.3 is 0 Å². The Morgan fingerprint density at radius 2 is 2.06 bits per heavy atom. The molecule has 0 fully saturated rings. The van der Waals surface area contributed by atoms with Crippen LogP contribution in [0.5, 0.6) is 0 Å². The summed E-state index contributed by atoms with van der Waals surface area (Å²) in [6, 6.07) is 6.16. The normalized spacial score (nSPS) is 11.6. The topological polar surface area (TPSA) is 37.8 Å². The Morgan fingerprint density at radius 3 is 2.61 bits per heavy atom. The molecule has 0 aliphatic carbocycles. The molecule has 1 N–H and O–H groups in total. The molecule has 3 nitrogen and oxygen atoms in total. The Kier molecular flexibility index (Phi) is 3.66. The van der Waals surface area contributed by atoms with Crippen LogP contribution < -0.4 is 5.32 Å². The number of rotatable bonds is 3. The van der Waals surface area contributed by atoms with Crippen molar-refractivity contribution in [3.8, 4) is 10.6 Å². The van der Waals surface area contributed by atoms with Gasteiger partial charge in [-0.1, -0.05) is 26.8 Å². The van der Waals surface area contributed by atoms with Crippen molar-refractivity contribution in [2.24, 2.45) is 0 Å². The van der Waals surface area contributed by atoms with Gasteiger partial charge in [0.05, 0.1) is 10.6 Å². The second-order valence-electron chi connectivity index (χ2n) is 5.22. The number of thiophene rings is 1. The summed E-state index contributed by atoms with van der Waals surface area (Å²) in [7, 11) is 0. The van der Waals surface area contributed by atoms with Crippen LogP contribution in [0, 0.1) is 0 Å². The van der Waals surface area contributed by atoms with Crippen LogP contribution in [0.2, 0.25) is 0 Å². The maximum atomic E-state index is 4.69. The molecule has 0 saturated carbocycles. The van der Waals surface area contributed by atoms with Gasteiger partial charge in [0.2, 0.25) is 0 Å². The van der Waals surface area contributed by atoms with Gasteiger partial charge in [-0.05, 0) is 18.4 Å². The van der Waals surface area contributed by atoms with Crippen molar-refractivity contribution in [1.82, 2.24) is 9.97 Å². The number of aromatic nitrogens is 2. The second-order valence-corrected chi connectivity index (χ2v) is 6.17. The summed E-state index contributed by atoms with van der Waals surface area (Å²) in [6.07, 6.45) is 0. The van der Waals surface area contributed by atoms with Gasteiger partial charge in [-0.3, -0.25) is 0 Å². The van der Waals surface area contributed by atoms with E-state index in [9.17, 15) is 0 Å². The minimum Gasteiger partial charge on any atom is -0.370 e. The lowest BCUT2D eigenvalue weighted by atomic mass is 9.95. The molecule has 4 heteroatoms. The predicted octanol–water partition coefficient (Wildman–Crippen LogP) is 3.93. The summed E-state index contributed by atoms with van der Waals surface area (Å²) in [5, 5.41) is 5.35. The van der Waals surface area contributed by atoms with Crippen LogP contribution in [0.15, 0.2) is 23.6 Å². The van der Waals surface area contributed by atoms with Crippen LogP contribution in [0.25, 0.3) is 10.6 Å². The van der Waals surface area contributed by atoms with Gasteiger partial charge < -0.3 is 5.32 Å². The van der Waals surface area contributed by atoms with Crippen molar-refractivity contribution >= 4 is 17.2 Å². The molecular formula is C14H19N3S. The lowest BCUT2D eigenvalue weighted by Crippen LogP contribution is -2.17. The largest absolute Gasteiger partial charge is 0.370 e. The zero-order chi connectivity index (χ0) is 13.2. The highest BCUT2D eigenvalue weighted by molar-refractivity contribution is 7.13. The highest BCUT2D eigenvalue weighted by Gasteiger charge is 2.19. The number of nitrogens with zero attached hydrogens (tertiary/aromatic N) is 2. The fraction of sp³-hybridized carbons (Fsp3) is 0.429. The molecule has 96 valence electrons. The van der Waals surface area contributed by atoms with Gasteiger partial charge in [-0.15, -0.1) is 11.3 Å². The maximum absolute atomic E-state index is 4.69. The molecule has 0 atom stereocenters. The van der Waals surface area contributed by atoms with Gasteiger partial charge in [0.15, 0.2) is 0 Å². The standard InChI is InChI=1S/C14H19N3S/c1-5-15-12-9-10(11-7-6-8-18-11)16-13(17-12)14(2,3)4/h6-9H,5H2,1-4H3,(H,15,16,17). The highest BCUT2D eigenvalue weighted by Crippen LogP contribution is 2.28. The SMILES string of the molecule is CCNc1cc(-c2cccs2)nc(C(C)(C)C)n1. The molecule has 0 aliphatic heterocycles. The van der Waals surface area contributed by atoms with Crippen molar-refractivity contribution in [3.05, 3.63) is 29.4 Å². The van der Waals surface area contributed by atoms with E-state index in [1.54, 1.807) is 11.3 Å². The molecular weight excluding hydrogens is 242 g/mol. The molecule has 0 saturated heterocycles. The summed E-state index contributed by atoms with van der Waals surface area (Å²) < 4.78 is 0. The van der Waals surface area contributed by atoms with Gasteiger partial charge in [0.25, 0.3) is 0 Å². The lowest BCUT2D eigenvalue weighted by molar-refractivity contribution is 0.547. The van der Waals surface area contributed by atoms with Gasteiger partial charge in [-0.25, -0.2) is 9.97 Å². The maximum Gasteiger partial charge on any atom is 0.136 e. The second kappa shape index (κ2) is 5.06. The first-order chi connectivity index (χ1) is 8.50. The Morgan fingerprint density at radius 1 is 1.28 bits per heavy atom. The summed E-state index contributed by atoms with van der Waals surface area (Å²) in [5.41, 5.74) is 0.957. The van der Waals surface area contributed by atoms with Crippen LogP contribution in [0.3, 0.4) is 0 Å².